The molecule has 25 heavy (non-hydrogen) atoms. The summed E-state index contributed by atoms with van der Waals surface area (Å²) in [6.45, 7) is 3.94. The Bertz CT molecular complexity index is 867. The summed E-state index contributed by atoms with van der Waals surface area (Å²) < 4.78 is 17.3. The van der Waals surface area contributed by atoms with Gasteiger partial charge in [-0.05, 0) is 50.2 Å². The molecule has 3 rings (SSSR count). The summed E-state index contributed by atoms with van der Waals surface area (Å²) >= 11 is 3.35. The van der Waals surface area contributed by atoms with E-state index in [1.807, 2.05) is 26.0 Å². The summed E-state index contributed by atoms with van der Waals surface area (Å²) in [4.78, 5) is 12.5. The van der Waals surface area contributed by atoms with E-state index < -0.39 is 5.97 Å². The summed E-state index contributed by atoms with van der Waals surface area (Å²) in [7, 11) is 0. The topological polar surface area (TPSA) is 61.6 Å². The molecule has 0 saturated carbocycles. The van der Waals surface area contributed by atoms with Crippen molar-refractivity contribution in [2.24, 2.45) is 0 Å². The molecule has 0 fully saturated rings. The third kappa shape index (κ3) is 4.09. The molecule has 0 spiro atoms. The van der Waals surface area contributed by atoms with E-state index in [-0.39, 0.29) is 6.61 Å². The first kappa shape index (κ1) is 17.2. The number of para-hydroxylation sites is 1. The zero-order chi connectivity index (χ0) is 17.8. The van der Waals surface area contributed by atoms with Crippen LogP contribution < -0.4 is 9.47 Å². The third-order valence-electron chi connectivity index (χ3n) is 3.68. The fourth-order valence-corrected chi connectivity index (χ4v) is 2.55. The molecule has 0 atom stereocenters. The predicted octanol–water partition coefficient (Wildman–Crippen LogP) is 4.85. The molecule has 5 nitrogen and oxygen atoms in total. The van der Waals surface area contributed by atoms with Gasteiger partial charge in [-0.3, -0.25) is 0 Å². The lowest BCUT2D eigenvalue weighted by Crippen LogP contribution is -2.11. The lowest BCUT2D eigenvalue weighted by atomic mass is 10.2. The number of carbonyl (C=O) groups excluding carboxylic acids is 1. The van der Waals surface area contributed by atoms with Crippen molar-refractivity contribution in [2.45, 2.75) is 20.5 Å². The summed E-state index contributed by atoms with van der Waals surface area (Å²) in [6.07, 6.45) is 0. The number of aromatic nitrogens is 1. The zero-order valence-electron chi connectivity index (χ0n) is 13.8. The molecule has 0 amide bonds. The Labute approximate surface area is 153 Å². The molecule has 0 unspecified atom stereocenters. The minimum atomic E-state index is -0.475. The lowest BCUT2D eigenvalue weighted by Gasteiger charge is -2.11. The molecule has 0 bridgehead atoms. The van der Waals surface area contributed by atoms with Gasteiger partial charge in [-0.15, -0.1) is 0 Å². The van der Waals surface area contributed by atoms with Crippen LogP contribution in [0.2, 0.25) is 0 Å². The first-order valence-corrected chi connectivity index (χ1v) is 8.45. The fraction of sp³-hybridized carbons (Fsp3) is 0.158. The molecular formula is C19H16BrNO4. The number of hydrogen-bond donors (Lipinski definition) is 0. The average Bonchev–Trinajstić information content (AvgIpc) is 2.93. The second-order valence-electron chi connectivity index (χ2n) is 5.43. The second kappa shape index (κ2) is 7.53. The number of halogens is 1. The molecule has 6 heteroatoms. The van der Waals surface area contributed by atoms with E-state index in [4.69, 9.17) is 14.0 Å². The number of benzene rings is 2. The van der Waals surface area contributed by atoms with Gasteiger partial charge in [0.1, 0.15) is 29.4 Å². The Morgan fingerprint density at radius 3 is 2.52 bits per heavy atom. The molecule has 0 aliphatic rings. The van der Waals surface area contributed by atoms with E-state index in [0.717, 1.165) is 15.7 Å². The normalized spacial score (nSPS) is 10.5. The van der Waals surface area contributed by atoms with Crippen molar-refractivity contribution in [1.82, 2.24) is 5.16 Å². The van der Waals surface area contributed by atoms with Gasteiger partial charge in [-0.25, -0.2) is 4.79 Å². The SMILES string of the molecule is Cc1noc(C)c1COc1ccccc1C(=O)Oc1ccc(Br)cc1. The molecule has 3 aromatic rings. The summed E-state index contributed by atoms with van der Waals surface area (Å²) in [5, 5.41) is 3.90. The molecule has 0 radical (unpaired) electrons. The molecule has 2 aromatic carbocycles. The van der Waals surface area contributed by atoms with E-state index in [0.29, 0.717) is 22.8 Å². The number of esters is 1. The molecule has 0 N–H and O–H groups in total. The third-order valence-corrected chi connectivity index (χ3v) is 4.21. The standard InChI is InChI=1S/C19H16BrNO4/c1-12-17(13(2)25-21-12)11-23-18-6-4-3-5-16(18)19(22)24-15-9-7-14(20)8-10-15/h3-10H,11H2,1-2H3. The van der Waals surface area contributed by atoms with E-state index in [2.05, 4.69) is 21.1 Å². The van der Waals surface area contributed by atoms with Crippen LogP contribution in [0.3, 0.4) is 0 Å². The van der Waals surface area contributed by atoms with Crippen LogP contribution in [0.25, 0.3) is 0 Å². The van der Waals surface area contributed by atoms with Crippen molar-refractivity contribution in [3.8, 4) is 11.5 Å². The number of carbonyl (C=O) groups is 1. The van der Waals surface area contributed by atoms with Crippen LogP contribution in [0, 0.1) is 13.8 Å². The van der Waals surface area contributed by atoms with Crippen LogP contribution in [0.1, 0.15) is 27.4 Å². The zero-order valence-corrected chi connectivity index (χ0v) is 15.4. The van der Waals surface area contributed by atoms with Gasteiger partial charge in [-0.1, -0.05) is 33.2 Å². The van der Waals surface area contributed by atoms with Crippen molar-refractivity contribution in [3.63, 3.8) is 0 Å². The van der Waals surface area contributed by atoms with E-state index in [1.165, 1.54) is 0 Å². The van der Waals surface area contributed by atoms with Crippen LogP contribution in [0.15, 0.2) is 57.5 Å². The highest BCUT2D eigenvalue weighted by Crippen LogP contribution is 2.24. The lowest BCUT2D eigenvalue weighted by molar-refractivity contribution is 0.0729. The molecule has 0 aliphatic heterocycles. The average molecular weight is 402 g/mol. The Kier molecular flexibility index (Phi) is 5.19. The molecule has 1 aromatic heterocycles. The van der Waals surface area contributed by atoms with Gasteiger partial charge in [0.15, 0.2) is 0 Å². The first-order valence-electron chi connectivity index (χ1n) is 7.66. The summed E-state index contributed by atoms with van der Waals surface area (Å²) in [5.74, 6) is 1.14. The van der Waals surface area contributed by atoms with Crippen molar-refractivity contribution >= 4 is 21.9 Å². The van der Waals surface area contributed by atoms with Crippen LogP contribution in [0.5, 0.6) is 11.5 Å². The van der Waals surface area contributed by atoms with E-state index >= 15 is 0 Å². The molecule has 128 valence electrons. The number of rotatable bonds is 5. The van der Waals surface area contributed by atoms with E-state index in [1.54, 1.807) is 36.4 Å². The number of aryl methyl sites for hydroxylation is 2. The van der Waals surface area contributed by atoms with E-state index in [9.17, 15) is 4.79 Å². The monoisotopic (exact) mass is 401 g/mol. The predicted molar refractivity (Wildman–Crippen MR) is 95.9 cm³/mol. The molecule has 0 saturated heterocycles. The Morgan fingerprint density at radius 2 is 1.84 bits per heavy atom. The van der Waals surface area contributed by atoms with Crippen molar-refractivity contribution < 1.29 is 18.8 Å². The van der Waals surface area contributed by atoms with Crippen molar-refractivity contribution in [2.75, 3.05) is 0 Å². The minimum Gasteiger partial charge on any atom is -0.488 e. The van der Waals surface area contributed by atoms with Gasteiger partial charge in [-0.2, -0.15) is 0 Å². The van der Waals surface area contributed by atoms with Crippen LogP contribution in [-0.4, -0.2) is 11.1 Å². The first-order chi connectivity index (χ1) is 12.0. The Balaban J connectivity index is 1.76. The molecule has 0 aliphatic carbocycles. The van der Waals surface area contributed by atoms with Crippen LogP contribution >= 0.6 is 15.9 Å². The summed E-state index contributed by atoms with van der Waals surface area (Å²) in [6, 6.07) is 14.0. The van der Waals surface area contributed by atoms with Crippen LogP contribution in [-0.2, 0) is 6.61 Å². The largest absolute Gasteiger partial charge is 0.488 e. The van der Waals surface area contributed by atoms with Gasteiger partial charge in [0.05, 0.1) is 11.3 Å². The maximum absolute atomic E-state index is 12.5. The van der Waals surface area contributed by atoms with Gasteiger partial charge in [0.25, 0.3) is 0 Å². The number of hydrogen-bond acceptors (Lipinski definition) is 5. The highest BCUT2D eigenvalue weighted by Gasteiger charge is 2.16. The highest BCUT2D eigenvalue weighted by molar-refractivity contribution is 9.10. The van der Waals surface area contributed by atoms with Gasteiger partial charge in [0, 0.05) is 4.47 Å². The molecular weight excluding hydrogens is 386 g/mol. The number of ether oxygens (including phenoxy) is 2. The fourth-order valence-electron chi connectivity index (χ4n) is 2.28. The second-order valence-corrected chi connectivity index (χ2v) is 6.35. The maximum atomic E-state index is 12.5. The summed E-state index contributed by atoms with van der Waals surface area (Å²) in [5.41, 5.74) is 2.00. The number of nitrogens with zero attached hydrogens (tertiary/aromatic N) is 1. The highest BCUT2D eigenvalue weighted by atomic mass is 79.9. The van der Waals surface area contributed by atoms with Crippen molar-refractivity contribution in [3.05, 3.63) is 75.6 Å². The van der Waals surface area contributed by atoms with Crippen molar-refractivity contribution in [1.29, 1.82) is 0 Å². The Morgan fingerprint density at radius 1 is 1.12 bits per heavy atom. The van der Waals surface area contributed by atoms with Gasteiger partial charge in [0.2, 0.25) is 0 Å². The quantitative estimate of drug-likeness (QED) is 0.451. The van der Waals surface area contributed by atoms with Crippen LogP contribution in [0.4, 0.5) is 0 Å². The Hall–Kier alpha value is -2.60. The minimum absolute atomic E-state index is 0.268. The van der Waals surface area contributed by atoms with Gasteiger partial charge < -0.3 is 14.0 Å². The molecule has 1 heterocycles. The maximum Gasteiger partial charge on any atom is 0.347 e. The van der Waals surface area contributed by atoms with Gasteiger partial charge >= 0.3 is 5.97 Å². The smallest absolute Gasteiger partial charge is 0.347 e.